The third-order valence-corrected chi connectivity index (χ3v) is 4.97. The van der Waals surface area contributed by atoms with Gasteiger partial charge in [0.05, 0.1) is 16.8 Å². The van der Waals surface area contributed by atoms with E-state index in [4.69, 9.17) is 0 Å². The molecule has 0 bridgehead atoms. The molecule has 31 heavy (non-hydrogen) atoms. The van der Waals surface area contributed by atoms with Gasteiger partial charge in [0.1, 0.15) is 12.0 Å². The van der Waals surface area contributed by atoms with Crippen LogP contribution in [0.2, 0.25) is 0 Å². The molecule has 7 heteroatoms. The van der Waals surface area contributed by atoms with Crippen molar-refractivity contribution in [3.05, 3.63) is 83.3 Å². The Hall–Kier alpha value is -3.84. The number of fused-ring (bicyclic) bond motifs is 1. The van der Waals surface area contributed by atoms with Crippen molar-refractivity contribution < 1.29 is 14.7 Å². The average Bonchev–Trinajstić information content (AvgIpc) is 3.15. The third-order valence-electron chi connectivity index (χ3n) is 4.97. The first-order valence-electron chi connectivity index (χ1n) is 9.81. The smallest absolute Gasteiger partial charge is 0.274 e. The van der Waals surface area contributed by atoms with Gasteiger partial charge in [0.15, 0.2) is 0 Å². The number of benzene rings is 2. The molecular formula is C24H22N4O3. The molecule has 0 aliphatic heterocycles. The second-order valence-electron chi connectivity index (χ2n) is 7.92. The average molecular weight is 414 g/mol. The minimum absolute atomic E-state index is 0.299. The van der Waals surface area contributed by atoms with E-state index in [0.29, 0.717) is 28.0 Å². The van der Waals surface area contributed by atoms with Crippen molar-refractivity contribution in [3.63, 3.8) is 0 Å². The summed E-state index contributed by atoms with van der Waals surface area (Å²) < 4.78 is 1.70. The number of pyridine rings is 1. The van der Waals surface area contributed by atoms with Crippen molar-refractivity contribution in [2.24, 2.45) is 0 Å². The molecule has 2 aromatic carbocycles. The highest BCUT2D eigenvalue weighted by Gasteiger charge is 2.23. The van der Waals surface area contributed by atoms with E-state index in [1.165, 1.54) is 0 Å². The van der Waals surface area contributed by atoms with Gasteiger partial charge in [0.2, 0.25) is 0 Å². The van der Waals surface area contributed by atoms with Crippen LogP contribution in [0.4, 0.5) is 5.69 Å². The zero-order valence-corrected chi connectivity index (χ0v) is 17.5. The Balaban J connectivity index is 1.76. The van der Waals surface area contributed by atoms with Gasteiger partial charge < -0.3 is 10.4 Å². The molecule has 0 fully saturated rings. The fourth-order valence-electron chi connectivity index (χ4n) is 3.38. The first kappa shape index (κ1) is 20.4. The first-order valence-corrected chi connectivity index (χ1v) is 9.81. The van der Waals surface area contributed by atoms with Gasteiger partial charge in [-0.15, -0.1) is 0 Å². The molecule has 4 rings (SSSR count). The zero-order chi connectivity index (χ0) is 22.2. The number of amides is 1. The monoisotopic (exact) mass is 414 g/mol. The predicted molar refractivity (Wildman–Crippen MR) is 119 cm³/mol. The Labute approximate surface area is 179 Å². The fourth-order valence-corrected chi connectivity index (χ4v) is 3.38. The van der Waals surface area contributed by atoms with Crippen LogP contribution < -0.4 is 5.32 Å². The van der Waals surface area contributed by atoms with Crippen LogP contribution in [0.1, 0.15) is 46.0 Å². The second kappa shape index (κ2) is 7.77. The summed E-state index contributed by atoms with van der Waals surface area (Å²) in [6, 6.07) is 15.8. The zero-order valence-electron chi connectivity index (χ0n) is 17.5. The van der Waals surface area contributed by atoms with Crippen LogP contribution in [-0.2, 0) is 5.60 Å². The maximum Gasteiger partial charge on any atom is 0.274 e. The Morgan fingerprint density at radius 3 is 2.52 bits per heavy atom. The SMILES string of the molecule is Cc1cccc(C(=O)Nc2cc3cn(-c4ccc(C=O)cc4)nc3cc2C(C)(C)O)n1. The van der Waals surface area contributed by atoms with Crippen LogP contribution in [0.15, 0.2) is 60.8 Å². The quantitative estimate of drug-likeness (QED) is 0.481. The molecule has 0 spiro atoms. The maximum atomic E-state index is 12.8. The summed E-state index contributed by atoms with van der Waals surface area (Å²) in [6.07, 6.45) is 2.62. The van der Waals surface area contributed by atoms with Crippen molar-refractivity contribution in [1.29, 1.82) is 0 Å². The molecule has 0 aliphatic carbocycles. The molecule has 0 unspecified atom stereocenters. The number of aryl methyl sites for hydroxylation is 1. The lowest BCUT2D eigenvalue weighted by molar-refractivity contribution is 0.0793. The van der Waals surface area contributed by atoms with Gasteiger partial charge in [-0.1, -0.05) is 6.07 Å². The number of aldehydes is 1. The molecule has 4 aromatic rings. The van der Waals surface area contributed by atoms with Crippen LogP contribution in [-0.4, -0.2) is 32.1 Å². The highest BCUT2D eigenvalue weighted by molar-refractivity contribution is 6.04. The van der Waals surface area contributed by atoms with Gasteiger partial charge >= 0.3 is 0 Å². The lowest BCUT2D eigenvalue weighted by Crippen LogP contribution is -2.21. The van der Waals surface area contributed by atoms with Crippen LogP contribution in [0, 0.1) is 6.92 Å². The Morgan fingerprint density at radius 1 is 1.13 bits per heavy atom. The third kappa shape index (κ3) is 4.22. The molecule has 1 amide bonds. The molecule has 156 valence electrons. The first-order chi connectivity index (χ1) is 14.7. The van der Waals surface area contributed by atoms with E-state index in [1.807, 2.05) is 19.2 Å². The molecule has 0 radical (unpaired) electrons. The van der Waals surface area contributed by atoms with Gasteiger partial charge in [0.25, 0.3) is 5.91 Å². The number of carbonyl (C=O) groups excluding carboxylic acids is 2. The molecule has 2 aromatic heterocycles. The molecule has 0 aliphatic rings. The van der Waals surface area contributed by atoms with Gasteiger partial charge in [-0.2, -0.15) is 5.10 Å². The highest BCUT2D eigenvalue weighted by Crippen LogP contribution is 2.32. The number of hydrogen-bond donors (Lipinski definition) is 2. The summed E-state index contributed by atoms with van der Waals surface area (Å²) in [6.45, 7) is 5.13. The van der Waals surface area contributed by atoms with Crippen LogP contribution >= 0.6 is 0 Å². The summed E-state index contributed by atoms with van der Waals surface area (Å²) >= 11 is 0. The van der Waals surface area contributed by atoms with Crippen molar-refractivity contribution in [1.82, 2.24) is 14.8 Å². The summed E-state index contributed by atoms with van der Waals surface area (Å²) in [5.74, 6) is -0.356. The number of hydrogen-bond acceptors (Lipinski definition) is 5. The minimum atomic E-state index is -1.20. The standard InChI is InChI=1S/C24H22N4O3/c1-15-5-4-6-20(25-15)23(30)26-22-11-17-13-28(18-9-7-16(14-29)8-10-18)27-21(17)12-19(22)24(2,3)31/h4-14,31H,1-3H3,(H,26,30). The minimum Gasteiger partial charge on any atom is -0.386 e. The number of carbonyl (C=O) groups is 2. The van der Waals surface area contributed by atoms with Crippen molar-refractivity contribution in [2.75, 3.05) is 5.32 Å². The highest BCUT2D eigenvalue weighted by atomic mass is 16.3. The van der Waals surface area contributed by atoms with E-state index in [2.05, 4.69) is 15.4 Å². The van der Waals surface area contributed by atoms with Gasteiger partial charge in [0, 0.05) is 34.1 Å². The molecule has 2 N–H and O–H groups in total. The van der Waals surface area contributed by atoms with Gasteiger partial charge in [-0.25, -0.2) is 9.67 Å². The second-order valence-corrected chi connectivity index (χ2v) is 7.92. The lowest BCUT2D eigenvalue weighted by atomic mass is 9.95. The lowest BCUT2D eigenvalue weighted by Gasteiger charge is -2.22. The summed E-state index contributed by atoms with van der Waals surface area (Å²) in [7, 11) is 0. The summed E-state index contributed by atoms with van der Waals surface area (Å²) in [5, 5.41) is 19.0. The van der Waals surface area contributed by atoms with E-state index in [0.717, 1.165) is 23.1 Å². The summed E-state index contributed by atoms with van der Waals surface area (Å²) in [5.41, 5.74) is 2.92. The Kier molecular flexibility index (Phi) is 5.12. The van der Waals surface area contributed by atoms with Crippen molar-refractivity contribution in [2.45, 2.75) is 26.4 Å². The summed E-state index contributed by atoms with van der Waals surface area (Å²) in [4.78, 5) is 27.9. The Bertz CT molecular complexity index is 1280. The van der Waals surface area contributed by atoms with E-state index >= 15 is 0 Å². The molecular weight excluding hydrogens is 392 g/mol. The fraction of sp³-hybridized carbons (Fsp3) is 0.167. The largest absolute Gasteiger partial charge is 0.386 e. The van der Waals surface area contributed by atoms with E-state index < -0.39 is 5.60 Å². The topological polar surface area (TPSA) is 97.1 Å². The van der Waals surface area contributed by atoms with Crippen LogP contribution in [0.25, 0.3) is 16.6 Å². The number of anilines is 1. The number of nitrogens with zero attached hydrogens (tertiary/aromatic N) is 3. The van der Waals surface area contributed by atoms with Gasteiger partial charge in [-0.05, 0) is 69.3 Å². The van der Waals surface area contributed by atoms with E-state index in [9.17, 15) is 14.7 Å². The normalized spacial score (nSPS) is 11.5. The molecule has 0 atom stereocenters. The van der Waals surface area contributed by atoms with E-state index in [1.54, 1.807) is 67.1 Å². The Morgan fingerprint density at radius 2 is 1.87 bits per heavy atom. The maximum absolute atomic E-state index is 12.8. The van der Waals surface area contributed by atoms with Crippen LogP contribution in [0.5, 0.6) is 0 Å². The van der Waals surface area contributed by atoms with Gasteiger partial charge in [-0.3, -0.25) is 9.59 Å². The molecule has 7 nitrogen and oxygen atoms in total. The number of aliphatic hydroxyl groups is 1. The predicted octanol–water partition coefficient (Wildman–Crippen LogP) is 4.02. The van der Waals surface area contributed by atoms with Crippen molar-refractivity contribution in [3.8, 4) is 5.69 Å². The number of rotatable bonds is 5. The molecule has 0 saturated carbocycles. The van der Waals surface area contributed by atoms with Crippen molar-refractivity contribution >= 4 is 28.8 Å². The number of aromatic nitrogens is 3. The van der Waals surface area contributed by atoms with Crippen LogP contribution in [0.3, 0.4) is 0 Å². The molecule has 0 saturated heterocycles. The van der Waals surface area contributed by atoms with E-state index in [-0.39, 0.29) is 5.91 Å². The number of nitrogens with one attached hydrogen (secondary N) is 1. The molecule has 2 heterocycles.